The first kappa shape index (κ1) is 14.2. The van der Waals surface area contributed by atoms with Crippen molar-refractivity contribution in [1.82, 2.24) is 10.3 Å². The van der Waals surface area contributed by atoms with Gasteiger partial charge in [0.2, 0.25) is 5.91 Å². The van der Waals surface area contributed by atoms with Gasteiger partial charge >= 0.3 is 0 Å². The van der Waals surface area contributed by atoms with Gasteiger partial charge in [0.05, 0.1) is 4.90 Å². The molecule has 0 aliphatic carbocycles. The van der Waals surface area contributed by atoms with Gasteiger partial charge in [-0.1, -0.05) is 6.58 Å². The van der Waals surface area contributed by atoms with Crippen LogP contribution in [0, 0.1) is 0 Å². The summed E-state index contributed by atoms with van der Waals surface area (Å²) in [5.74, 6) is -0.215. The lowest BCUT2D eigenvalue weighted by molar-refractivity contribution is -0.114. The van der Waals surface area contributed by atoms with Crippen LogP contribution in [-0.4, -0.2) is 14.3 Å². The van der Waals surface area contributed by atoms with E-state index in [1.165, 1.54) is 31.2 Å². The van der Waals surface area contributed by atoms with E-state index in [-0.39, 0.29) is 10.8 Å². The average molecular weight is 269 g/mol. The van der Waals surface area contributed by atoms with Crippen molar-refractivity contribution in [2.75, 3.05) is 5.32 Å². The molecule has 7 heteroatoms. The number of sulfonamides is 1. The SMILES string of the molecule is C=C(C)NNS(=O)(=O)c1ccc(NC(C)=O)cc1. The Hall–Kier alpha value is -1.86. The maximum absolute atomic E-state index is 11.8. The van der Waals surface area contributed by atoms with Crippen molar-refractivity contribution >= 4 is 21.6 Å². The smallest absolute Gasteiger partial charge is 0.257 e. The van der Waals surface area contributed by atoms with Gasteiger partial charge < -0.3 is 10.7 Å². The monoisotopic (exact) mass is 269 g/mol. The molecule has 6 nitrogen and oxygen atoms in total. The molecule has 0 spiro atoms. The number of benzene rings is 1. The molecule has 0 heterocycles. The van der Waals surface area contributed by atoms with E-state index in [1.807, 2.05) is 0 Å². The summed E-state index contributed by atoms with van der Waals surface area (Å²) >= 11 is 0. The molecule has 1 amide bonds. The van der Waals surface area contributed by atoms with Crippen molar-refractivity contribution in [3.05, 3.63) is 36.5 Å². The van der Waals surface area contributed by atoms with Gasteiger partial charge in [0.1, 0.15) is 0 Å². The molecule has 0 aliphatic heterocycles. The van der Waals surface area contributed by atoms with Gasteiger partial charge in [0, 0.05) is 18.3 Å². The zero-order chi connectivity index (χ0) is 13.8. The number of nitrogens with one attached hydrogen (secondary N) is 3. The fraction of sp³-hybridized carbons (Fsp3) is 0.182. The first-order chi connectivity index (χ1) is 8.31. The summed E-state index contributed by atoms with van der Waals surface area (Å²) in [5, 5.41) is 2.55. The summed E-state index contributed by atoms with van der Waals surface area (Å²) in [6, 6.07) is 5.81. The third-order valence-corrected chi connectivity index (χ3v) is 3.15. The molecule has 18 heavy (non-hydrogen) atoms. The fourth-order valence-electron chi connectivity index (χ4n) is 1.13. The second kappa shape index (κ2) is 5.65. The summed E-state index contributed by atoms with van der Waals surface area (Å²) in [7, 11) is -3.64. The molecule has 0 aromatic heterocycles. The molecule has 1 aromatic carbocycles. The molecule has 1 aromatic rings. The number of carbonyl (C=O) groups excluding carboxylic acids is 1. The van der Waals surface area contributed by atoms with E-state index in [0.717, 1.165) is 0 Å². The van der Waals surface area contributed by atoms with Gasteiger partial charge in [-0.3, -0.25) is 4.79 Å². The number of carbonyl (C=O) groups is 1. The number of hydrogen-bond donors (Lipinski definition) is 3. The molecule has 0 saturated carbocycles. The summed E-state index contributed by atoms with van der Waals surface area (Å²) < 4.78 is 23.5. The van der Waals surface area contributed by atoms with Crippen LogP contribution in [0.15, 0.2) is 41.4 Å². The molecule has 0 saturated heterocycles. The lowest BCUT2D eigenvalue weighted by Gasteiger charge is -2.09. The van der Waals surface area contributed by atoms with Crippen LogP contribution in [0.25, 0.3) is 0 Å². The zero-order valence-corrected chi connectivity index (χ0v) is 11.0. The number of allylic oxidation sites excluding steroid dienone is 1. The highest BCUT2D eigenvalue weighted by Gasteiger charge is 2.13. The molecular formula is C11H15N3O3S. The predicted octanol–water partition coefficient (Wildman–Crippen LogP) is 0.961. The first-order valence-electron chi connectivity index (χ1n) is 5.12. The van der Waals surface area contributed by atoms with Crippen molar-refractivity contribution in [3.63, 3.8) is 0 Å². The summed E-state index contributed by atoms with van der Waals surface area (Å²) in [5.41, 5.74) is 3.45. The van der Waals surface area contributed by atoms with Crippen molar-refractivity contribution < 1.29 is 13.2 Å². The van der Waals surface area contributed by atoms with E-state index >= 15 is 0 Å². The number of amides is 1. The highest BCUT2D eigenvalue weighted by atomic mass is 32.2. The molecule has 0 fully saturated rings. The largest absolute Gasteiger partial charge is 0.326 e. The normalized spacial score (nSPS) is 10.8. The minimum Gasteiger partial charge on any atom is -0.326 e. The third-order valence-electron chi connectivity index (χ3n) is 1.88. The number of hydrogen-bond acceptors (Lipinski definition) is 4. The average Bonchev–Trinajstić information content (AvgIpc) is 2.26. The Morgan fingerprint density at radius 3 is 2.17 bits per heavy atom. The molecule has 0 unspecified atom stereocenters. The summed E-state index contributed by atoms with van der Waals surface area (Å²) in [6.07, 6.45) is 0. The quantitative estimate of drug-likeness (QED) is 0.695. The zero-order valence-electron chi connectivity index (χ0n) is 10.1. The van der Waals surface area contributed by atoms with Crippen molar-refractivity contribution in [3.8, 4) is 0 Å². The molecule has 0 radical (unpaired) electrons. The van der Waals surface area contributed by atoms with Crippen molar-refractivity contribution in [2.45, 2.75) is 18.7 Å². The van der Waals surface area contributed by atoms with Gasteiger partial charge in [0.15, 0.2) is 0 Å². The molecule has 1 rings (SSSR count). The van der Waals surface area contributed by atoms with Crippen LogP contribution in [0.1, 0.15) is 13.8 Å². The van der Waals surface area contributed by atoms with Crippen LogP contribution in [0.4, 0.5) is 5.69 Å². The van der Waals surface area contributed by atoms with Gasteiger partial charge in [0.25, 0.3) is 10.0 Å². The Morgan fingerprint density at radius 2 is 1.72 bits per heavy atom. The Bertz CT molecular complexity index is 549. The topological polar surface area (TPSA) is 87.3 Å². The summed E-state index contributed by atoms with van der Waals surface area (Å²) in [4.78, 5) is 13.1. The number of hydrazine groups is 1. The van der Waals surface area contributed by atoms with Crippen LogP contribution in [-0.2, 0) is 14.8 Å². The first-order valence-corrected chi connectivity index (χ1v) is 6.60. The Labute approximate surface area is 106 Å². The third kappa shape index (κ3) is 4.19. The van der Waals surface area contributed by atoms with Gasteiger partial charge in [-0.2, -0.15) is 0 Å². The number of anilines is 1. The van der Waals surface area contributed by atoms with Crippen LogP contribution in [0.5, 0.6) is 0 Å². The Kier molecular flexibility index (Phi) is 4.46. The molecule has 0 atom stereocenters. The van der Waals surface area contributed by atoms with Gasteiger partial charge in [-0.05, 0) is 31.2 Å². The van der Waals surface area contributed by atoms with E-state index in [1.54, 1.807) is 6.92 Å². The van der Waals surface area contributed by atoms with E-state index in [0.29, 0.717) is 11.4 Å². The molecular weight excluding hydrogens is 254 g/mol. The van der Waals surface area contributed by atoms with E-state index in [4.69, 9.17) is 0 Å². The van der Waals surface area contributed by atoms with Crippen molar-refractivity contribution in [2.24, 2.45) is 0 Å². The van der Waals surface area contributed by atoms with E-state index in [9.17, 15) is 13.2 Å². The van der Waals surface area contributed by atoms with Crippen LogP contribution in [0.2, 0.25) is 0 Å². The highest BCUT2D eigenvalue weighted by Crippen LogP contribution is 2.13. The minimum atomic E-state index is -3.64. The number of rotatable bonds is 5. The van der Waals surface area contributed by atoms with E-state index < -0.39 is 10.0 Å². The van der Waals surface area contributed by atoms with Crippen molar-refractivity contribution in [1.29, 1.82) is 0 Å². The Balaban J connectivity index is 2.84. The molecule has 3 N–H and O–H groups in total. The second-order valence-corrected chi connectivity index (χ2v) is 5.40. The van der Waals surface area contributed by atoms with Crippen LogP contribution >= 0.6 is 0 Å². The fourth-order valence-corrected chi connectivity index (χ4v) is 2.05. The summed E-state index contributed by atoms with van der Waals surface area (Å²) in [6.45, 7) is 6.52. The standard InChI is InChI=1S/C11H15N3O3S/c1-8(2)13-14-18(16,17)11-6-4-10(5-7-11)12-9(3)15/h4-7,13-14H,1H2,2-3H3,(H,12,15). The maximum atomic E-state index is 11.8. The lowest BCUT2D eigenvalue weighted by atomic mass is 10.3. The van der Waals surface area contributed by atoms with Crippen LogP contribution in [0.3, 0.4) is 0 Å². The second-order valence-electron chi connectivity index (χ2n) is 3.72. The lowest BCUT2D eigenvalue weighted by Crippen LogP contribution is -2.35. The molecule has 98 valence electrons. The van der Waals surface area contributed by atoms with Gasteiger partial charge in [-0.25, -0.2) is 8.42 Å². The Morgan fingerprint density at radius 1 is 1.17 bits per heavy atom. The minimum absolute atomic E-state index is 0.0883. The van der Waals surface area contributed by atoms with E-state index in [2.05, 4.69) is 22.2 Å². The molecule has 0 aliphatic rings. The maximum Gasteiger partial charge on any atom is 0.257 e. The van der Waals surface area contributed by atoms with Crippen LogP contribution < -0.4 is 15.6 Å². The molecule has 0 bridgehead atoms. The predicted molar refractivity (Wildman–Crippen MR) is 69.0 cm³/mol. The van der Waals surface area contributed by atoms with Gasteiger partial charge in [-0.15, -0.1) is 4.83 Å². The highest BCUT2D eigenvalue weighted by molar-refractivity contribution is 7.89.